The number of piperidine rings is 1. The lowest BCUT2D eigenvalue weighted by Crippen LogP contribution is -2.45. The van der Waals surface area contributed by atoms with E-state index in [9.17, 15) is 9.59 Å². The number of nitriles is 1. The number of carbonyl (C=O) groups excluding carboxylic acids is 2. The van der Waals surface area contributed by atoms with Gasteiger partial charge in [-0.3, -0.25) is 4.79 Å². The number of ether oxygens (including phenoxy) is 1. The van der Waals surface area contributed by atoms with Crippen LogP contribution in [0.3, 0.4) is 0 Å². The zero-order chi connectivity index (χ0) is 15.9. The van der Waals surface area contributed by atoms with E-state index in [-0.39, 0.29) is 18.6 Å². The Balaban J connectivity index is 1.89. The highest BCUT2D eigenvalue weighted by Gasteiger charge is 2.25. The van der Waals surface area contributed by atoms with E-state index in [2.05, 4.69) is 6.92 Å². The van der Waals surface area contributed by atoms with Crippen LogP contribution in [0.2, 0.25) is 0 Å². The summed E-state index contributed by atoms with van der Waals surface area (Å²) in [6.45, 7) is 2.58. The number of rotatable bonds is 4. The van der Waals surface area contributed by atoms with Gasteiger partial charge in [-0.15, -0.1) is 0 Å². The highest BCUT2D eigenvalue weighted by atomic mass is 16.5. The van der Waals surface area contributed by atoms with Crippen LogP contribution in [0.1, 0.15) is 48.5 Å². The summed E-state index contributed by atoms with van der Waals surface area (Å²) in [5.74, 6) is -0.670. The smallest absolute Gasteiger partial charge is 0.338 e. The van der Waals surface area contributed by atoms with E-state index in [1.165, 1.54) is 12.1 Å². The number of amides is 1. The highest BCUT2D eigenvalue weighted by molar-refractivity contribution is 5.91. The molecule has 0 N–H and O–H groups in total. The number of esters is 1. The normalized spacial score (nSPS) is 17.6. The Kier molecular flexibility index (Phi) is 5.54. The van der Waals surface area contributed by atoms with Crippen molar-refractivity contribution in [3.63, 3.8) is 0 Å². The van der Waals surface area contributed by atoms with Gasteiger partial charge in [-0.2, -0.15) is 5.26 Å². The molecule has 1 unspecified atom stereocenters. The van der Waals surface area contributed by atoms with Gasteiger partial charge < -0.3 is 9.64 Å². The maximum atomic E-state index is 12.2. The lowest BCUT2D eigenvalue weighted by molar-refractivity contribution is -0.138. The third-order valence-corrected chi connectivity index (χ3v) is 4.00. The lowest BCUT2D eigenvalue weighted by Gasteiger charge is -2.35. The Labute approximate surface area is 130 Å². The van der Waals surface area contributed by atoms with E-state index in [0.29, 0.717) is 11.1 Å². The van der Waals surface area contributed by atoms with Crippen molar-refractivity contribution in [3.05, 3.63) is 35.4 Å². The molecule has 1 aliphatic rings. The molecule has 1 atom stereocenters. The Hall–Kier alpha value is -2.35. The maximum Gasteiger partial charge on any atom is 0.338 e. The van der Waals surface area contributed by atoms with E-state index in [1.807, 2.05) is 11.0 Å². The van der Waals surface area contributed by atoms with Crippen LogP contribution in [0.4, 0.5) is 0 Å². The highest BCUT2D eigenvalue weighted by Crippen LogP contribution is 2.19. The van der Waals surface area contributed by atoms with E-state index in [1.54, 1.807) is 12.1 Å². The minimum absolute atomic E-state index is 0.131. The van der Waals surface area contributed by atoms with Crippen molar-refractivity contribution in [2.24, 2.45) is 0 Å². The average Bonchev–Trinajstić information content (AvgIpc) is 2.59. The minimum atomic E-state index is -0.539. The van der Waals surface area contributed by atoms with Gasteiger partial charge in [0.1, 0.15) is 0 Å². The van der Waals surface area contributed by atoms with Gasteiger partial charge in [0.2, 0.25) is 0 Å². The van der Waals surface area contributed by atoms with Gasteiger partial charge in [0.15, 0.2) is 6.61 Å². The summed E-state index contributed by atoms with van der Waals surface area (Å²) in [4.78, 5) is 25.9. The van der Waals surface area contributed by atoms with Crippen molar-refractivity contribution in [2.45, 2.75) is 38.6 Å². The molecule has 22 heavy (non-hydrogen) atoms. The first-order chi connectivity index (χ1) is 10.7. The summed E-state index contributed by atoms with van der Waals surface area (Å²) >= 11 is 0. The van der Waals surface area contributed by atoms with Crippen LogP contribution in [-0.2, 0) is 9.53 Å². The van der Waals surface area contributed by atoms with Crippen LogP contribution < -0.4 is 0 Å². The first-order valence-corrected chi connectivity index (χ1v) is 7.62. The fourth-order valence-corrected chi connectivity index (χ4v) is 2.73. The molecule has 1 fully saturated rings. The molecule has 2 rings (SSSR count). The van der Waals surface area contributed by atoms with Crippen LogP contribution in [0.15, 0.2) is 24.3 Å². The third kappa shape index (κ3) is 3.85. The summed E-state index contributed by atoms with van der Waals surface area (Å²) in [5.41, 5.74) is 0.823. The standard InChI is InChI=1S/C17H20N2O3/c1-2-15-5-3-4-10-19(15)16(20)12-22-17(21)14-8-6-13(11-18)7-9-14/h6-9,15H,2-5,10,12H2,1H3. The molecule has 1 heterocycles. The molecule has 0 bridgehead atoms. The van der Waals surface area contributed by atoms with Gasteiger partial charge in [0.05, 0.1) is 17.2 Å². The Morgan fingerprint density at radius 1 is 1.32 bits per heavy atom. The SMILES string of the molecule is CCC1CCCCN1C(=O)COC(=O)c1ccc(C#N)cc1. The van der Waals surface area contributed by atoms with Gasteiger partial charge in [-0.05, 0) is 49.9 Å². The molecular weight excluding hydrogens is 280 g/mol. The minimum Gasteiger partial charge on any atom is -0.452 e. The second-order valence-corrected chi connectivity index (χ2v) is 5.41. The molecule has 116 valence electrons. The van der Waals surface area contributed by atoms with Crippen molar-refractivity contribution >= 4 is 11.9 Å². The average molecular weight is 300 g/mol. The van der Waals surface area contributed by atoms with Crippen LogP contribution in [0, 0.1) is 11.3 Å². The summed E-state index contributed by atoms with van der Waals surface area (Å²) < 4.78 is 5.10. The fraction of sp³-hybridized carbons (Fsp3) is 0.471. The van der Waals surface area contributed by atoms with E-state index in [4.69, 9.17) is 10.00 Å². The zero-order valence-corrected chi connectivity index (χ0v) is 12.7. The second-order valence-electron chi connectivity index (χ2n) is 5.41. The molecule has 1 aromatic rings. The first kappa shape index (κ1) is 16.0. The summed E-state index contributed by atoms with van der Waals surface area (Å²) in [7, 11) is 0. The quantitative estimate of drug-likeness (QED) is 0.801. The third-order valence-electron chi connectivity index (χ3n) is 4.00. The summed E-state index contributed by atoms with van der Waals surface area (Å²) in [5, 5.41) is 8.72. The number of nitrogens with zero attached hydrogens (tertiary/aromatic N) is 2. The second kappa shape index (κ2) is 7.60. The van der Waals surface area contributed by atoms with Gasteiger partial charge in [0.25, 0.3) is 5.91 Å². The first-order valence-electron chi connectivity index (χ1n) is 7.62. The summed E-state index contributed by atoms with van der Waals surface area (Å²) in [6.07, 6.45) is 4.10. The molecule has 5 heteroatoms. The van der Waals surface area contributed by atoms with Crippen molar-refractivity contribution in [1.29, 1.82) is 5.26 Å². The molecule has 1 amide bonds. The number of carbonyl (C=O) groups is 2. The molecule has 1 aliphatic heterocycles. The molecule has 0 aliphatic carbocycles. The number of likely N-dealkylation sites (tertiary alicyclic amines) is 1. The summed E-state index contributed by atoms with van der Waals surface area (Å²) in [6, 6.07) is 8.41. The van der Waals surface area contributed by atoms with Gasteiger partial charge >= 0.3 is 5.97 Å². The van der Waals surface area contributed by atoms with Crippen molar-refractivity contribution in [2.75, 3.05) is 13.2 Å². The van der Waals surface area contributed by atoms with E-state index < -0.39 is 5.97 Å². The van der Waals surface area contributed by atoms with Gasteiger partial charge in [-0.1, -0.05) is 6.92 Å². The van der Waals surface area contributed by atoms with Crippen LogP contribution in [0.5, 0.6) is 0 Å². The lowest BCUT2D eigenvalue weighted by atomic mass is 10.00. The molecule has 5 nitrogen and oxygen atoms in total. The van der Waals surface area contributed by atoms with Crippen LogP contribution >= 0.6 is 0 Å². The Bertz CT molecular complexity index is 575. The predicted molar refractivity (Wildman–Crippen MR) is 81.1 cm³/mol. The fourth-order valence-electron chi connectivity index (χ4n) is 2.73. The van der Waals surface area contributed by atoms with E-state index >= 15 is 0 Å². The maximum absolute atomic E-state index is 12.2. The van der Waals surface area contributed by atoms with Crippen LogP contribution in [-0.4, -0.2) is 36.0 Å². The van der Waals surface area contributed by atoms with Crippen molar-refractivity contribution in [3.8, 4) is 6.07 Å². The van der Waals surface area contributed by atoms with Gasteiger partial charge in [-0.25, -0.2) is 4.79 Å². The Morgan fingerprint density at radius 2 is 2.05 bits per heavy atom. The molecular formula is C17H20N2O3. The monoisotopic (exact) mass is 300 g/mol. The van der Waals surface area contributed by atoms with Gasteiger partial charge in [0, 0.05) is 12.6 Å². The van der Waals surface area contributed by atoms with E-state index in [0.717, 1.165) is 32.2 Å². The van der Waals surface area contributed by atoms with Crippen molar-refractivity contribution in [1.82, 2.24) is 4.90 Å². The number of benzene rings is 1. The van der Waals surface area contributed by atoms with Crippen molar-refractivity contribution < 1.29 is 14.3 Å². The predicted octanol–water partition coefficient (Wildman–Crippen LogP) is 2.51. The molecule has 0 aromatic heterocycles. The molecule has 0 saturated carbocycles. The topological polar surface area (TPSA) is 70.4 Å². The zero-order valence-electron chi connectivity index (χ0n) is 12.7. The molecule has 0 spiro atoms. The molecule has 1 aromatic carbocycles. The Morgan fingerprint density at radius 3 is 2.68 bits per heavy atom. The number of hydrogen-bond donors (Lipinski definition) is 0. The van der Waals surface area contributed by atoms with Crippen LogP contribution in [0.25, 0.3) is 0 Å². The number of hydrogen-bond acceptors (Lipinski definition) is 4. The largest absolute Gasteiger partial charge is 0.452 e. The molecule has 1 saturated heterocycles. The molecule has 0 radical (unpaired) electrons.